The minimum absolute atomic E-state index is 0.0623. The summed E-state index contributed by atoms with van der Waals surface area (Å²) in [7, 11) is 0. The fourth-order valence-corrected chi connectivity index (χ4v) is 6.76. The summed E-state index contributed by atoms with van der Waals surface area (Å²) < 4.78 is 2.30. The fourth-order valence-electron chi connectivity index (χ4n) is 5.47. The predicted molar refractivity (Wildman–Crippen MR) is 164 cm³/mol. The molecule has 2 aliphatic heterocycles. The molecule has 1 aromatic rings. The lowest BCUT2D eigenvalue weighted by Crippen LogP contribution is -2.37. The number of hydrogen-bond acceptors (Lipinski definition) is 6. The number of carbonyl (C=O) groups is 1. The maximum absolute atomic E-state index is 13.4. The average Bonchev–Trinajstić information content (AvgIpc) is 3.19. The SMILES string of the molecule is CCCCCCCCCCCCN1C(=O)C(=Cc2c(C)c(C#N)c(=O)n(CC)c2N2CCCCC2)SC1=S. The van der Waals surface area contributed by atoms with Crippen molar-refractivity contribution in [3.8, 4) is 6.07 Å². The Bertz CT molecular complexity index is 1110. The predicted octanol–water partition coefficient (Wildman–Crippen LogP) is 7.16. The maximum Gasteiger partial charge on any atom is 0.270 e. The average molecular weight is 557 g/mol. The van der Waals surface area contributed by atoms with E-state index in [0.29, 0.717) is 27.9 Å². The van der Waals surface area contributed by atoms with Crippen molar-refractivity contribution in [2.75, 3.05) is 24.5 Å². The van der Waals surface area contributed by atoms with Gasteiger partial charge in [-0.2, -0.15) is 5.26 Å². The van der Waals surface area contributed by atoms with Gasteiger partial charge in [0, 0.05) is 31.7 Å². The number of rotatable bonds is 14. The molecule has 0 atom stereocenters. The number of pyridine rings is 1. The van der Waals surface area contributed by atoms with E-state index in [4.69, 9.17) is 12.2 Å². The first-order valence-electron chi connectivity index (χ1n) is 14.6. The van der Waals surface area contributed by atoms with Gasteiger partial charge in [0.1, 0.15) is 21.8 Å². The zero-order chi connectivity index (χ0) is 27.5. The molecule has 8 heteroatoms. The van der Waals surface area contributed by atoms with Gasteiger partial charge in [0.15, 0.2) is 0 Å². The minimum atomic E-state index is -0.251. The van der Waals surface area contributed by atoms with E-state index in [2.05, 4.69) is 17.9 Å². The molecule has 208 valence electrons. The number of carbonyl (C=O) groups excluding carboxylic acids is 1. The highest BCUT2D eigenvalue weighted by atomic mass is 32.2. The van der Waals surface area contributed by atoms with Crippen molar-refractivity contribution in [1.29, 1.82) is 5.26 Å². The highest BCUT2D eigenvalue weighted by Crippen LogP contribution is 2.36. The smallest absolute Gasteiger partial charge is 0.270 e. The van der Waals surface area contributed by atoms with E-state index in [-0.39, 0.29) is 17.0 Å². The van der Waals surface area contributed by atoms with Crippen molar-refractivity contribution in [2.24, 2.45) is 0 Å². The third-order valence-corrected chi connectivity index (χ3v) is 9.08. The zero-order valence-corrected chi connectivity index (χ0v) is 25.2. The van der Waals surface area contributed by atoms with Crippen LogP contribution in [-0.4, -0.2) is 39.3 Å². The fraction of sp³-hybridized carbons (Fsp3) is 0.667. The third kappa shape index (κ3) is 7.51. The van der Waals surface area contributed by atoms with Gasteiger partial charge in [-0.15, -0.1) is 0 Å². The van der Waals surface area contributed by atoms with Gasteiger partial charge in [0.2, 0.25) is 0 Å². The van der Waals surface area contributed by atoms with Gasteiger partial charge in [-0.25, -0.2) is 0 Å². The number of piperidine rings is 1. The number of anilines is 1. The Hall–Kier alpha value is -2.11. The lowest BCUT2D eigenvalue weighted by Gasteiger charge is -2.33. The van der Waals surface area contributed by atoms with Crippen molar-refractivity contribution in [2.45, 2.75) is 111 Å². The van der Waals surface area contributed by atoms with Crippen LogP contribution in [0.5, 0.6) is 0 Å². The Labute approximate surface area is 238 Å². The standard InChI is InChI=1S/C30H44N4O2S2/c1-4-6-7-8-9-10-11-12-13-17-20-34-29(36)26(38-30(34)37)21-24-23(3)25(22-31)28(35)33(5-2)27(24)32-18-15-14-16-19-32/h21H,4-20H2,1-3H3. The molecule has 38 heavy (non-hydrogen) atoms. The lowest BCUT2D eigenvalue weighted by molar-refractivity contribution is -0.122. The van der Waals surface area contributed by atoms with Gasteiger partial charge in [0.25, 0.3) is 11.5 Å². The van der Waals surface area contributed by atoms with E-state index in [0.717, 1.165) is 50.2 Å². The second kappa shape index (κ2) is 15.5. The van der Waals surface area contributed by atoms with Crippen LogP contribution in [0.25, 0.3) is 6.08 Å². The van der Waals surface area contributed by atoms with Crippen LogP contribution < -0.4 is 10.5 Å². The van der Waals surface area contributed by atoms with E-state index in [1.165, 1.54) is 69.5 Å². The van der Waals surface area contributed by atoms with Crippen molar-refractivity contribution in [3.05, 3.63) is 31.9 Å². The largest absolute Gasteiger partial charge is 0.357 e. The van der Waals surface area contributed by atoms with Crippen LogP contribution in [0.15, 0.2) is 9.70 Å². The second-order valence-electron chi connectivity index (χ2n) is 10.5. The van der Waals surface area contributed by atoms with Crippen LogP contribution in [0.2, 0.25) is 0 Å². The van der Waals surface area contributed by atoms with Crippen LogP contribution in [-0.2, 0) is 11.3 Å². The normalized spacial score (nSPS) is 17.1. The molecule has 0 bridgehead atoms. The molecule has 2 aliphatic rings. The first kappa shape index (κ1) is 30.4. The minimum Gasteiger partial charge on any atom is -0.357 e. The van der Waals surface area contributed by atoms with Crippen molar-refractivity contribution >= 4 is 46.1 Å². The molecule has 1 aromatic heterocycles. The van der Waals surface area contributed by atoms with Crippen LogP contribution in [0.1, 0.15) is 114 Å². The van der Waals surface area contributed by atoms with Gasteiger partial charge < -0.3 is 4.90 Å². The molecule has 0 spiro atoms. The van der Waals surface area contributed by atoms with Crippen LogP contribution >= 0.6 is 24.0 Å². The number of thiocarbonyl (C=S) groups is 1. The molecule has 2 fully saturated rings. The molecule has 1 amide bonds. The van der Waals surface area contributed by atoms with E-state index < -0.39 is 0 Å². The van der Waals surface area contributed by atoms with Crippen LogP contribution in [0.4, 0.5) is 5.82 Å². The molecule has 3 heterocycles. The summed E-state index contributed by atoms with van der Waals surface area (Å²) >= 11 is 6.93. The van der Waals surface area contributed by atoms with Gasteiger partial charge >= 0.3 is 0 Å². The summed E-state index contributed by atoms with van der Waals surface area (Å²) in [6, 6.07) is 2.11. The lowest BCUT2D eigenvalue weighted by atomic mass is 10.0. The molecule has 0 radical (unpaired) electrons. The molecule has 0 unspecified atom stereocenters. The Kier molecular flexibility index (Phi) is 12.4. The van der Waals surface area contributed by atoms with E-state index in [9.17, 15) is 14.9 Å². The van der Waals surface area contributed by atoms with Gasteiger partial charge in [0.05, 0.1) is 4.91 Å². The number of aromatic nitrogens is 1. The molecule has 3 rings (SSSR count). The number of hydrogen-bond donors (Lipinski definition) is 0. The van der Waals surface area contributed by atoms with Gasteiger partial charge in [-0.3, -0.25) is 19.1 Å². The Morgan fingerprint density at radius 3 is 2.13 bits per heavy atom. The van der Waals surface area contributed by atoms with Crippen molar-refractivity contribution in [3.63, 3.8) is 0 Å². The second-order valence-corrected chi connectivity index (χ2v) is 12.1. The summed E-state index contributed by atoms with van der Waals surface area (Å²) in [5, 5.41) is 9.77. The molecular formula is C30H44N4O2S2. The quantitative estimate of drug-likeness (QED) is 0.138. The summed E-state index contributed by atoms with van der Waals surface area (Å²) in [5.74, 6) is 0.765. The van der Waals surface area contributed by atoms with Gasteiger partial charge in [-0.05, 0) is 51.2 Å². The third-order valence-electron chi connectivity index (χ3n) is 7.70. The van der Waals surface area contributed by atoms with E-state index >= 15 is 0 Å². The first-order chi connectivity index (χ1) is 18.4. The summed E-state index contributed by atoms with van der Waals surface area (Å²) in [6.07, 6.45) is 17.7. The maximum atomic E-state index is 13.4. The highest BCUT2D eigenvalue weighted by molar-refractivity contribution is 8.26. The Morgan fingerprint density at radius 2 is 1.55 bits per heavy atom. The Balaban J connectivity index is 1.71. The number of amides is 1. The molecule has 6 nitrogen and oxygen atoms in total. The number of nitriles is 1. The van der Waals surface area contributed by atoms with E-state index in [1.807, 2.05) is 19.9 Å². The van der Waals surface area contributed by atoms with E-state index in [1.54, 1.807) is 9.47 Å². The summed E-state index contributed by atoms with van der Waals surface area (Å²) in [6.45, 7) is 8.86. The van der Waals surface area contributed by atoms with Gasteiger partial charge in [-0.1, -0.05) is 88.7 Å². The molecule has 0 aliphatic carbocycles. The molecule has 0 N–H and O–H groups in total. The monoisotopic (exact) mass is 556 g/mol. The number of nitrogens with zero attached hydrogens (tertiary/aromatic N) is 4. The number of unbranched alkanes of at least 4 members (excludes halogenated alkanes) is 9. The Morgan fingerprint density at radius 1 is 0.947 bits per heavy atom. The summed E-state index contributed by atoms with van der Waals surface area (Å²) in [4.78, 5) is 31.1. The zero-order valence-electron chi connectivity index (χ0n) is 23.5. The number of thioether (sulfide) groups is 1. The highest BCUT2D eigenvalue weighted by Gasteiger charge is 2.33. The van der Waals surface area contributed by atoms with Crippen molar-refractivity contribution < 1.29 is 4.79 Å². The molecule has 2 saturated heterocycles. The topological polar surface area (TPSA) is 69.3 Å². The summed E-state index contributed by atoms with van der Waals surface area (Å²) in [5.41, 5.74) is 1.34. The molecule has 0 saturated carbocycles. The van der Waals surface area contributed by atoms with Crippen molar-refractivity contribution in [1.82, 2.24) is 9.47 Å². The first-order valence-corrected chi connectivity index (χ1v) is 15.8. The van der Waals surface area contributed by atoms with Crippen LogP contribution in [0.3, 0.4) is 0 Å². The van der Waals surface area contributed by atoms with Crippen LogP contribution in [0, 0.1) is 18.3 Å². The molecular weight excluding hydrogens is 512 g/mol. The molecule has 0 aromatic carbocycles.